The van der Waals surface area contributed by atoms with E-state index in [9.17, 15) is 31.1 Å². The second kappa shape index (κ2) is 5.10. The van der Waals surface area contributed by atoms with E-state index >= 15 is 0 Å². The molecule has 0 aliphatic heterocycles. The van der Waals surface area contributed by atoms with E-state index in [2.05, 4.69) is 5.32 Å². The highest BCUT2D eigenvalue weighted by Gasteiger charge is 2.39. The molecule has 0 bridgehead atoms. The van der Waals surface area contributed by atoms with E-state index in [0.29, 0.717) is 12.1 Å². The third-order valence-corrected chi connectivity index (χ3v) is 2.23. The highest BCUT2D eigenvalue weighted by atomic mass is 19.4. The van der Waals surface area contributed by atoms with Crippen molar-refractivity contribution in [3.63, 3.8) is 0 Å². The van der Waals surface area contributed by atoms with Crippen LogP contribution in [0.4, 0.5) is 26.3 Å². The SMILES string of the molecule is CCNC(=O)c1ccc(C(F)(F)F)cc1C(F)(F)F. The Morgan fingerprint density at radius 3 is 2.11 bits per heavy atom. The number of carbonyl (C=O) groups excluding carboxylic acids is 1. The predicted octanol–water partition coefficient (Wildman–Crippen LogP) is 3.47. The molecule has 8 heteroatoms. The Morgan fingerprint density at radius 1 is 1.11 bits per heavy atom. The van der Waals surface area contributed by atoms with Crippen molar-refractivity contribution in [2.75, 3.05) is 6.54 Å². The first-order valence-electron chi connectivity index (χ1n) is 5.14. The second-order valence-corrected chi connectivity index (χ2v) is 3.62. The van der Waals surface area contributed by atoms with Crippen LogP contribution in [0.3, 0.4) is 0 Å². The summed E-state index contributed by atoms with van der Waals surface area (Å²) in [5.74, 6) is -1.07. The largest absolute Gasteiger partial charge is 0.417 e. The molecule has 0 atom stereocenters. The van der Waals surface area contributed by atoms with Gasteiger partial charge in [0.15, 0.2) is 0 Å². The number of nitrogens with one attached hydrogen (secondary N) is 1. The molecule has 0 aliphatic carbocycles. The van der Waals surface area contributed by atoms with Crippen LogP contribution in [0, 0.1) is 0 Å². The van der Waals surface area contributed by atoms with Crippen LogP contribution in [0.1, 0.15) is 28.4 Å². The van der Waals surface area contributed by atoms with Crippen LogP contribution in [0.2, 0.25) is 0 Å². The number of rotatable bonds is 2. The molecule has 0 saturated carbocycles. The van der Waals surface area contributed by atoms with Gasteiger partial charge in [0.25, 0.3) is 5.91 Å². The molecule has 0 saturated heterocycles. The number of halogens is 6. The van der Waals surface area contributed by atoms with E-state index in [1.54, 1.807) is 0 Å². The molecule has 0 spiro atoms. The zero-order valence-corrected chi connectivity index (χ0v) is 9.62. The molecule has 0 aliphatic rings. The minimum absolute atomic E-state index is 0.0649. The maximum Gasteiger partial charge on any atom is 0.417 e. The van der Waals surface area contributed by atoms with Gasteiger partial charge in [-0.15, -0.1) is 0 Å². The van der Waals surface area contributed by atoms with Crippen LogP contribution in [-0.4, -0.2) is 12.5 Å². The summed E-state index contributed by atoms with van der Waals surface area (Å²) >= 11 is 0. The summed E-state index contributed by atoms with van der Waals surface area (Å²) in [6.45, 7) is 1.55. The second-order valence-electron chi connectivity index (χ2n) is 3.62. The predicted molar refractivity (Wildman–Crippen MR) is 54.5 cm³/mol. The fourth-order valence-electron chi connectivity index (χ4n) is 1.41. The van der Waals surface area contributed by atoms with Crippen LogP contribution in [0.15, 0.2) is 18.2 Å². The summed E-state index contributed by atoms with van der Waals surface area (Å²) in [5, 5.41) is 2.11. The lowest BCUT2D eigenvalue weighted by Crippen LogP contribution is -2.26. The number of carbonyl (C=O) groups is 1. The molecular weight excluding hydrogens is 276 g/mol. The first-order chi connectivity index (χ1) is 8.57. The molecule has 19 heavy (non-hydrogen) atoms. The Balaban J connectivity index is 3.38. The van der Waals surface area contributed by atoms with Gasteiger partial charge >= 0.3 is 12.4 Å². The average Bonchev–Trinajstić information content (AvgIpc) is 2.26. The fourth-order valence-corrected chi connectivity index (χ4v) is 1.41. The number of hydrogen-bond acceptors (Lipinski definition) is 1. The van der Waals surface area contributed by atoms with E-state index in [0.717, 1.165) is 0 Å². The number of benzene rings is 1. The lowest BCUT2D eigenvalue weighted by atomic mass is 10.0. The molecule has 1 aromatic carbocycles. The molecule has 0 radical (unpaired) electrons. The molecule has 0 fully saturated rings. The van der Waals surface area contributed by atoms with Crippen molar-refractivity contribution >= 4 is 5.91 Å². The van der Waals surface area contributed by atoms with Gasteiger partial charge in [-0.25, -0.2) is 0 Å². The van der Waals surface area contributed by atoms with Crippen molar-refractivity contribution < 1.29 is 31.1 Å². The maximum absolute atomic E-state index is 12.7. The zero-order chi connectivity index (χ0) is 14.8. The Hall–Kier alpha value is -1.73. The van der Waals surface area contributed by atoms with Gasteiger partial charge in [0, 0.05) is 6.54 Å². The fraction of sp³-hybridized carbons (Fsp3) is 0.364. The minimum atomic E-state index is -5.04. The zero-order valence-electron chi connectivity index (χ0n) is 9.62. The van der Waals surface area contributed by atoms with Gasteiger partial charge in [-0.3, -0.25) is 4.79 Å². The van der Waals surface area contributed by atoms with Gasteiger partial charge in [-0.2, -0.15) is 26.3 Å². The summed E-state index contributed by atoms with van der Waals surface area (Å²) in [6.07, 6.45) is -9.94. The Kier molecular flexibility index (Phi) is 4.12. The van der Waals surface area contributed by atoms with Crippen molar-refractivity contribution in [3.8, 4) is 0 Å². The summed E-state index contributed by atoms with van der Waals surface area (Å²) in [7, 11) is 0. The molecule has 1 N–H and O–H groups in total. The van der Waals surface area contributed by atoms with Crippen LogP contribution in [0.5, 0.6) is 0 Å². The summed E-state index contributed by atoms with van der Waals surface area (Å²) < 4.78 is 75.1. The summed E-state index contributed by atoms with van der Waals surface area (Å²) in [5.41, 5.74) is -3.89. The van der Waals surface area contributed by atoms with Crippen molar-refractivity contribution in [1.29, 1.82) is 0 Å². The number of hydrogen-bond donors (Lipinski definition) is 1. The van der Waals surface area contributed by atoms with E-state index in [1.165, 1.54) is 6.92 Å². The first-order valence-corrected chi connectivity index (χ1v) is 5.14. The van der Waals surface area contributed by atoms with Crippen molar-refractivity contribution in [1.82, 2.24) is 5.32 Å². The Morgan fingerprint density at radius 2 is 1.68 bits per heavy atom. The van der Waals surface area contributed by atoms with Crippen molar-refractivity contribution in [2.45, 2.75) is 19.3 Å². The standard InChI is InChI=1S/C11H9F6NO/c1-2-18-9(19)7-4-3-6(10(12,13)14)5-8(7)11(15,16)17/h3-5H,2H2,1H3,(H,18,19). The lowest BCUT2D eigenvalue weighted by Gasteiger charge is -2.15. The van der Waals surface area contributed by atoms with E-state index in [4.69, 9.17) is 0 Å². The van der Waals surface area contributed by atoms with Gasteiger partial charge in [0.2, 0.25) is 0 Å². The van der Waals surface area contributed by atoms with Crippen LogP contribution in [-0.2, 0) is 12.4 Å². The average molecular weight is 285 g/mol. The topological polar surface area (TPSA) is 29.1 Å². The Labute approximate surface area is 104 Å². The highest BCUT2D eigenvalue weighted by Crippen LogP contribution is 2.37. The summed E-state index contributed by atoms with van der Waals surface area (Å²) in [6, 6.07) is 0.904. The molecule has 2 nitrogen and oxygen atoms in total. The van der Waals surface area contributed by atoms with Gasteiger partial charge in [-0.05, 0) is 25.1 Å². The molecule has 0 heterocycles. The van der Waals surface area contributed by atoms with E-state index < -0.39 is 35.0 Å². The lowest BCUT2D eigenvalue weighted by molar-refractivity contribution is -0.143. The van der Waals surface area contributed by atoms with Gasteiger partial charge in [-0.1, -0.05) is 0 Å². The molecule has 106 valence electrons. The molecule has 1 amide bonds. The first kappa shape index (κ1) is 15.3. The normalized spacial score (nSPS) is 12.4. The third kappa shape index (κ3) is 3.62. The number of alkyl halides is 6. The smallest absolute Gasteiger partial charge is 0.352 e. The maximum atomic E-state index is 12.7. The summed E-state index contributed by atoms with van der Waals surface area (Å²) in [4.78, 5) is 11.4. The quantitative estimate of drug-likeness (QED) is 0.828. The Bertz CT molecular complexity index is 477. The molecule has 0 aromatic heterocycles. The number of amides is 1. The molecule has 0 unspecified atom stereocenters. The molecular formula is C11H9F6NO. The van der Waals surface area contributed by atoms with Crippen LogP contribution < -0.4 is 5.32 Å². The highest BCUT2D eigenvalue weighted by molar-refractivity contribution is 5.96. The monoisotopic (exact) mass is 285 g/mol. The van der Waals surface area contributed by atoms with Gasteiger partial charge in [0.1, 0.15) is 0 Å². The van der Waals surface area contributed by atoms with E-state index in [1.807, 2.05) is 0 Å². The van der Waals surface area contributed by atoms with Crippen LogP contribution in [0.25, 0.3) is 0 Å². The minimum Gasteiger partial charge on any atom is -0.352 e. The molecule has 1 aromatic rings. The van der Waals surface area contributed by atoms with Gasteiger partial charge in [0.05, 0.1) is 16.7 Å². The van der Waals surface area contributed by atoms with E-state index in [-0.39, 0.29) is 12.6 Å². The molecule has 1 rings (SSSR count). The van der Waals surface area contributed by atoms with Crippen molar-refractivity contribution in [3.05, 3.63) is 34.9 Å². The van der Waals surface area contributed by atoms with Crippen molar-refractivity contribution in [2.24, 2.45) is 0 Å². The third-order valence-electron chi connectivity index (χ3n) is 2.23. The van der Waals surface area contributed by atoms with Crippen LogP contribution >= 0.6 is 0 Å². The van der Waals surface area contributed by atoms with Gasteiger partial charge < -0.3 is 5.32 Å².